The number of unbranched alkanes of at least 4 members (excludes halogenated alkanes) is 8. The number of carbonyl (C=O) groups excluding carboxylic acids is 1. The fourth-order valence-corrected chi connectivity index (χ4v) is 3.11. The fourth-order valence-electron chi connectivity index (χ4n) is 3.11. The SMILES string of the molecule is CCCCCCCCCCCC(C)(O)C(=O)Nc1ccc(C#N)c(C(F)(F)F)c1. The van der Waals surface area contributed by atoms with Crippen LogP contribution in [0.2, 0.25) is 0 Å². The highest BCUT2D eigenvalue weighted by molar-refractivity contribution is 5.96. The summed E-state index contributed by atoms with van der Waals surface area (Å²) in [5.74, 6) is -0.755. The van der Waals surface area contributed by atoms with Gasteiger partial charge in [-0.05, 0) is 31.5 Å². The van der Waals surface area contributed by atoms with Crippen molar-refractivity contribution in [1.82, 2.24) is 0 Å². The Kier molecular flexibility index (Phi) is 10.2. The largest absolute Gasteiger partial charge is 0.417 e. The molecule has 0 aliphatic carbocycles. The number of aliphatic hydroxyl groups is 1. The average Bonchev–Trinajstić information content (AvgIpc) is 2.65. The van der Waals surface area contributed by atoms with Crippen molar-refractivity contribution in [3.05, 3.63) is 29.3 Å². The third kappa shape index (κ3) is 8.86. The highest BCUT2D eigenvalue weighted by Crippen LogP contribution is 2.33. The Morgan fingerprint density at radius 3 is 2.14 bits per heavy atom. The summed E-state index contributed by atoms with van der Waals surface area (Å²) in [6.07, 6.45) is 5.42. The second-order valence-electron chi connectivity index (χ2n) is 7.68. The zero-order chi connectivity index (χ0) is 21.9. The summed E-state index contributed by atoms with van der Waals surface area (Å²) in [6, 6.07) is 4.43. The summed E-state index contributed by atoms with van der Waals surface area (Å²) in [4.78, 5) is 12.3. The Morgan fingerprint density at radius 1 is 1.07 bits per heavy atom. The van der Waals surface area contributed by atoms with E-state index in [9.17, 15) is 23.1 Å². The van der Waals surface area contributed by atoms with Crippen LogP contribution in [0.25, 0.3) is 0 Å². The van der Waals surface area contributed by atoms with Crippen molar-refractivity contribution in [3.8, 4) is 6.07 Å². The van der Waals surface area contributed by atoms with E-state index in [0.717, 1.165) is 25.3 Å². The summed E-state index contributed by atoms with van der Waals surface area (Å²) in [6.45, 7) is 3.54. The maximum absolute atomic E-state index is 13.0. The van der Waals surface area contributed by atoms with Crippen LogP contribution in [0.15, 0.2) is 18.2 Å². The normalized spacial score (nSPS) is 13.6. The van der Waals surface area contributed by atoms with E-state index in [4.69, 9.17) is 5.26 Å². The predicted molar refractivity (Wildman–Crippen MR) is 107 cm³/mol. The molecule has 0 heterocycles. The van der Waals surface area contributed by atoms with Gasteiger partial charge in [-0.3, -0.25) is 4.79 Å². The number of alkyl halides is 3. The smallest absolute Gasteiger partial charge is 0.380 e. The van der Waals surface area contributed by atoms with E-state index in [1.807, 2.05) is 0 Å². The Bertz CT molecular complexity index is 694. The maximum atomic E-state index is 13.0. The Morgan fingerprint density at radius 2 is 1.62 bits per heavy atom. The summed E-state index contributed by atoms with van der Waals surface area (Å²) < 4.78 is 39.1. The number of hydrogen-bond donors (Lipinski definition) is 2. The van der Waals surface area contributed by atoms with E-state index in [1.165, 1.54) is 51.2 Å². The minimum absolute atomic E-state index is 0.103. The van der Waals surface area contributed by atoms with Crippen LogP contribution in [0.1, 0.15) is 89.2 Å². The Hall–Kier alpha value is -2.07. The molecule has 0 saturated heterocycles. The van der Waals surface area contributed by atoms with E-state index in [2.05, 4.69) is 12.2 Å². The molecule has 1 amide bonds. The molecule has 0 aromatic heterocycles. The first-order valence-corrected chi connectivity index (χ1v) is 10.3. The van der Waals surface area contributed by atoms with Gasteiger partial charge in [0.05, 0.1) is 17.2 Å². The Labute approximate surface area is 171 Å². The number of rotatable bonds is 12. The van der Waals surface area contributed by atoms with Gasteiger partial charge in [0, 0.05) is 5.69 Å². The van der Waals surface area contributed by atoms with Gasteiger partial charge in [0.15, 0.2) is 0 Å². The van der Waals surface area contributed by atoms with Gasteiger partial charge in [0.1, 0.15) is 5.60 Å². The number of hydrogen-bond acceptors (Lipinski definition) is 3. The molecule has 2 N–H and O–H groups in total. The number of nitrogens with zero attached hydrogens (tertiary/aromatic N) is 1. The minimum Gasteiger partial charge on any atom is -0.380 e. The molecule has 1 unspecified atom stereocenters. The van der Waals surface area contributed by atoms with E-state index in [1.54, 1.807) is 0 Å². The van der Waals surface area contributed by atoms with Crippen molar-refractivity contribution in [2.45, 2.75) is 89.8 Å². The standard InChI is InChI=1S/C22H31F3N2O2/c1-3-4-5-6-7-8-9-10-11-14-21(2,29)20(28)27-18-13-12-17(16-26)19(15-18)22(23,24)25/h12-13,15,29H,3-11,14H2,1-2H3,(H,27,28). The van der Waals surface area contributed by atoms with Crippen LogP contribution >= 0.6 is 0 Å². The lowest BCUT2D eigenvalue weighted by atomic mass is 9.96. The lowest BCUT2D eigenvalue weighted by Crippen LogP contribution is -2.40. The third-order valence-electron chi connectivity index (χ3n) is 4.96. The number of nitrogens with one attached hydrogen (secondary N) is 1. The summed E-state index contributed by atoms with van der Waals surface area (Å²) in [5.41, 5.74) is -3.41. The van der Waals surface area contributed by atoms with Crippen molar-refractivity contribution in [2.24, 2.45) is 0 Å². The van der Waals surface area contributed by atoms with Gasteiger partial charge in [-0.15, -0.1) is 0 Å². The molecule has 162 valence electrons. The fraction of sp³-hybridized carbons (Fsp3) is 0.636. The second-order valence-corrected chi connectivity index (χ2v) is 7.68. The number of amides is 1. The van der Waals surface area contributed by atoms with Crippen LogP contribution < -0.4 is 5.32 Å². The molecule has 0 saturated carbocycles. The van der Waals surface area contributed by atoms with Crippen LogP contribution in [0.4, 0.5) is 18.9 Å². The molecule has 0 radical (unpaired) electrons. The topological polar surface area (TPSA) is 73.1 Å². The molecule has 1 rings (SSSR count). The summed E-state index contributed by atoms with van der Waals surface area (Å²) in [7, 11) is 0. The first-order chi connectivity index (χ1) is 13.6. The number of anilines is 1. The molecule has 4 nitrogen and oxygen atoms in total. The highest BCUT2D eigenvalue weighted by Gasteiger charge is 2.35. The van der Waals surface area contributed by atoms with Crippen LogP contribution in [-0.4, -0.2) is 16.6 Å². The zero-order valence-corrected chi connectivity index (χ0v) is 17.2. The van der Waals surface area contributed by atoms with Gasteiger partial charge in [-0.1, -0.05) is 64.7 Å². The quantitative estimate of drug-likeness (QED) is 0.402. The number of carbonyl (C=O) groups is 1. The van der Waals surface area contributed by atoms with Gasteiger partial charge in [-0.25, -0.2) is 0 Å². The highest BCUT2D eigenvalue weighted by atomic mass is 19.4. The molecular weight excluding hydrogens is 381 g/mol. The monoisotopic (exact) mass is 412 g/mol. The molecule has 29 heavy (non-hydrogen) atoms. The van der Waals surface area contributed by atoms with Crippen molar-refractivity contribution < 1.29 is 23.1 Å². The van der Waals surface area contributed by atoms with Gasteiger partial charge in [0.2, 0.25) is 0 Å². The molecule has 0 aliphatic rings. The molecule has 0 spiro atoms. The molecule has 0 fully saturated rings. The second kappa shape index (κ2) is 11.8. The molecule has 1 aromatic rings. The van der Waals surface area contributed by atoms with Gasteiger partial charge in [-0.2, -0.15) is 18.4 Å². The van der Waals surface area contributed by atoms with Crippen LogP contribution in [0.3, 0.4) is 0 Å². The molecule has 0 aliphatic heterocycles. The number of halogens is 3. The molecule has 1 aromatic carbocycles. The Balaban J connectivity index is 2.49. The van der Waals surface area contributed by atoms with Gasteiger partial charge < -0.3 is 10.4 Å². The summed E-state index contributed by atoms with van der Waals surface area (Å²) in [5, 5.41) is 21.5. The van der Waals surface area contributed by atoms with Gasteiger partial charge >= 0.3 is 6.18 Å². The maximum Gasteiger partial charge on any atom is 0.417 e. The lowest BCUT2D eigenvalue weighted by Gasteiger charge is -2.22. The first-order valence-electron chi connectivity index (χ1n) is 10.3. The average molecular weight is 412 g/mol. The molecule has 1 atom stereocenters. The molecular formula is C22H31F3N2O2. The molecule has 7 heteroatoms. The van der Waals surface area contributed by atoms with Crippen molar-refractivity contribution in [1.29, 1.82) is 5.26 Å². The van der Waals surface area contributed by atoms with Gasteiger partial charge in [0.25, 0.3) is 5.91 Å². The predicted octanol–water partition coefficient (Wildman–Crippen LogP) is 6.19. The van der Waals surface area contributed by atoms with E-state index in [0.29, 0.717) is 12.5 Å². The van der Waals surface area contributed by atoms with E-state index >= 15 is 0 Å². The van der Waals surface area contributed by atoms with Crippen molar-refractivity contribution in [2.75, 3.05) is 5.32 Å². The lowest BCUT2D eigenvalue weighted by molar-refractivity contribution is -0.138. The third-order valence-corrected chi connectivity index (χ3v) is 4.96. The first kappa shape index (κ1) is 25.0. The number of benzene rings is 1. The zero-order valence-electron chi connectivity index (χ0n) is 17.2. The molecule has 0 bridgehead atoms. The van der Waals surface area contributed by atoms with Crippen LogP contribution in [-0.2, 0) is 11.0 Å². The number of nitriles is 1. The van der Waals surface area contributed by atoms with Crippen LogP contribution in [0.5, 0.6) is 0 Å². The van der Waals surface area contributed by atoms with Crippen LogP contribution in [0, 0.1) is 11.3 Å². The van der Waals surface area contributed by atoms with E-state index in [-0.39, 0.29) is 12.1 Å². The van der Waals surface area contributed by atoms with Crippen molar-refractivity contribution >= 4 is 11.6 Å². The van der Waals surface area contributed by atoms with E-state index < -0.39 is 28.8 Å². The summed E-state index contributed by atoms with van der Waals surface area (Å²) >= 11 is 0. The minimum atomic E-state index is -4.70. The van der Waals surface area contributed by atoms with Crippen molar-refractivity contribution in [3.63, 3.8) is 0 Å².